The Morgan fingerprint density at radius 2 is 0.720 bits per heavy atom. The third kappa shape index (κ3) is 21.8. The van der Waals surface area contributed by atoms with Gasteiger partial charge in [0.15, 0.2) is 11.6 Å². The fraction of sp³-hybridized carbons (Fsp3) is 0.286. The fourth-order valence-corrected chi connectivity index (χ4v) is 9.06. The summed E-state index contributed by atoms with van der Waals surface area (Å²) >= 11 is 1.02. The number of halogens is 3. The zero-order valence-corrected chi connectivity index (χ0v) is 49.3. The molecule has 0 saturated heterocycles. The zero-order chi connectivity index (χ0) is 61.5. The van der Waals surface area contributed by atoms with Crippen molar-refractivity contribution < 1.29 is 51.5 Å². The minimum Gasteiger partial charge on any atom is -0.299 e. The molecule has 0 aliphatic carbocycles. The molecule has 2 unspecified atom stereocenters. The van der Waals surface area contributed by atoms with Gasteiger partial charge < -0.3 is 0 Å². The average molecular weight is 1130 g/mol. The molecule has 5 aromatic carbocycles. The summed E-state index contributed by atoms with van der Waals surface area (Å²) in [5.74, 6) is -6.61. The van der Waals surface area contributed by atoms with Crippen LogP contribution >= 0.6 is 11.3 Å². The molecule has 430 valence electrons. The predicted octanol–water partition coefficient (Wildman–Crippen LogP) is 15.9. The zero-order valence-electron chi connectivity index (χ0n) is 48.4. The second-order valence-electron chi connectivity index (χ2n) is 21.8. The number of ketones is 8. The molecule has 0 N–H and O–H groups in total. The van der Waals surface area contributed by atoms with Crippen LogP contribution in [0.2, 0.25) is 0 Å². The van der Waals surface area contributed by atoms with E-state index in [1.165, 1.54) is 26.8 Å². The Morgan fingerprint density at radius 1 is 0.402 bits per heavy atom. The van der Waals surface area contributed by atoms with Crippen molar-refractivity contribution in [2.45, 2.75) is 94.2 Å². The molecule has 6 rings (SSSR count). The largest absolute Gasteiger partial charge is 0.450 e. The van der Waals surface area contributed by atoms with Crippen LogP contribution in [0.15, 0.2) is 171 Å². The molecular formula is C70H75F3O8S. The van der Waals surface area contributed by atoms with E-state index in [4.69, 9.17) is 0 Å². The third-order valence-corrected chi connectivity index (χ3v) is 14.1. The van der Waals surface area contributed by atoms with Gasteiger partial charge in [-0.05, 0) is 102 Å². The molecule has 0 aliphatic heterocycles. The summed E-state index contributed by atoms with van der Waals surface area (Å²) in [5, 5.41) is 1.58. The van der Waals surface area contributed by atoms with E-state index in [2.05, 4.69) is 26.3 Å². The van der Waals surface area contributed by atoms with Gasteiger partial charge >= 0.3 is 6.18 Å². The third-order valence-electron chi connectivity index (χ3n) is 13.3. The number of carbonyl (C=O) groups is 8. The smallest absolute Gasteiger partial charge is 0.299 e. The van der Waals surface area contributed by atoms with Gasteiger partial charge in [-0.2, -0.15) is 13.2 Å². The first kappa shape index (κ1) is 68.2. The second-order valence-corrected chi connectivity index (χ2v) is 22.8. The Balaban J connectivity index is 0.000000289. The number of rotatable bonds is 22. The summed E-state index contributed by atoms with van der Waals surface area (Å²) in [5.41, 5.74) is 6.90. The Hall–Kier alpha value is -8.09. The van der Waals surface area contributed by atoms with Crippen molar-refractivity contribution in [1.29, 1.82) is 0 Å². The first-order valence-electron chi connectivity index (χ1n) is 26.7. The van der Waals surface area contributed by atoms with E-state index in [1.807, 2.05) is 133 Å². The lowest BCUT2D eigenvalue weighted by molar-refractivity contribution is -0.173. The van der Waals surface area contributed by atoms with E-state index in [-0.39, 0.29) is 46.0 Å². The molecule has 0 bridgehead atoms. The maximum Gasteiger partial charge on any atom is 0.450 e. The van der Waals surface area contributed by atoms with E-state index in [0.29, 0.717) is 30.4 Å². The van der Waals surface area contributed by atoms with Gasteiger partial charge in [-0.3, -0.25) is 38.4 Å². The van der Waals surface area contributed by atoms with Gasteiger partial charge in [-0.25, -0.2) is 0 Å². The van der Waals surface area contributed by atoms with Gasteiger partial charge in [0.05, 0.1) is 28.5 Å². The van der Waals surface area contributed by atoms with Crippen LogP contribution in [0.5, 0.6) is 0 Å². The number of thiophene rings is 1. The summed E-state index contributed by atoms with van der Waals surface area (Å²) in [6.07, 6.45) is 2.96. The van der Waals surface area contributed by atoms with Crippen LogP contribution in [0.1, 0.15) is 127 Å². The maximum absolute atomic E-state index is 12.8. The summed E-state index contributed by atoms with van der Waals surface area (Å²) in [4.78, 5) is 96.5. The molecule has 0 spiro atoms. The molecule has 0 radical (unpaired) electrons. The van der Waals surface area contributed by atoms with Gasteiger partial charge in [0, 0.05) is 16.4 Å². The minimum absolute atomic E-state index is 0.0141. The lowest BCUT2D eigenvalue weighted by Crippen LogP contribution is -2.40. The van der Waals surface area contributed by atoms with Crippen LogP contribution in [0.25, 0.3) is 24.3 Å². The minimum atomic E-state index is -5.04. The predicted molar refractivity (Wildman–Crippen MR) is 326 cm³/mol. The quantitative estimate of drug-likeness (QED) is 0.0484. The van der Waals surface area contributed by atoms with E-state index >= 15 is 0 Å². The SMILES string of the molecule is C=Cc1ccc(CC(C(=O)C(C)(C)C)C(=O)C(C)(C)C)cc1.C=Cc1ccc(CC(C(=O)c2cccs2)C(=O)C(F)(F)F)cc1.C=Cc1ccc(CC(C(C)=O)C(=O)c2ccccc2)cc1.C=Cc1ccc(CC(C(C)=O)C(C)=O)cc1. The Bertz CT molecular complexity index is 3110. The summed E-state index contributed by atoms with van der Waals surface area (Å²) < 4.78 is 38.4. The highest BCUT2D eigenvalue weighted by Gasteiger charge is 2.46. The highest BCUT2D eigenvalue weighted by molar-refractivity contribution is 7.12. The van der Waals surface area contributed by atoms with E-state index < -0.39 is 52.2 Å². The molecule has 2 atom stereocenters. The second kappa shape index (κ2) is 31.8. The summed E-state index contributed by atoms with van der Waals surface area (Å²) in [6, 6.07) is 41.8. The van der Waals surface area contributed by atoms with Gasteiger partial charge in [-0.15, -0.1) is 11.3 Å². The summed E-state index contributed by atoms with van der Waals surface area (Å²) in [7, 11) is 0. The van der Waals surface area contributed by atoms with Crippen molar-refractivity contribution in [3.8, 4) is 0 Å². The van der Waals surface area contributed by atoms with E-state index in [1.54, 1.807) is 72.1 Å². The molecule has 12 heteroatoms. The van der Waals surface area contributed by atoms with Gasteiger partial charge in [0.25, 0.3) is 0 Å². The number of carbonyl (C=O) groups excluding carboxylic acids is 8. The van der Waals surface area contributed by atoms with Crippen LogP contribution in [0.4, 0.5) is 13.2 Å². The molecule has 0 fully saturated rings. The standard InChI is InChI=1S/C20H28O2.C19H18O2.C17H13F3O2S.C14H16O2/c1-8-14-9-11-15(12-10-14)13-16(17(21)19(2,3)4)18(22)20(5,6)7;1-3-15-9-11-16(12-10-15)13-18(14(2)20)19(21)17-7-5-4-6-8-17;1-2-11-5-7-12(8-6-11)10-13(16(22)17(18,19)20)15(21)14-4-3-9-23-14;1-4-12-5-7-13(8-6-12)9-14(10(2)15)11(3)16/h8-12,16H,1,13H2,2-7H3;3-12,18H,1,13H2,2H3;2-9,13H,1,10H2;4-8,14H,1,9H2,2-3H3. The monoisotopic (exact) mass is 1130 g/mol. The number of hydrogen-bond acceptors (Lipinski definition) is 9. The lowest BCUT2D eigenvalue weighted by Gasteiger charge is -2.28. The Kier molecular flexibility index (Phi) is 26.4. The first-order valence-corrected chi connectivity index (χ1v) is 27.6. The molecular weight excluding hydrogens is 1060 g/mol. The van der Waals surface area contributed by atoms with Crippen LogP contribution in [0.3, 0.4) is 0 Å². The van der Waals surface area contributed by atoms with Gasteiger partial charge in [0.1, 0.15) is 28.9 Å². The number of alkyl halides is 3. The van der Waals surface area contributed by atoms with Crippen molar-refractivity contribution in [3.63, 3.8) is 0 Å². The number of benzene rings is 5. The van der Waals surface area contributed by atoms with Crippen molar-refractivity contribution in [1.82, 2.24) is 0 Å². The van der Waals surface area contributed by atoms with Crippen LogP contribution < -0.4 is 0 Å². The number of Topliss-reactive ketones (excluding diaryl/α,β-unsaturated/α-hetero) is 8. The normalized spacial score (nSPS) is 11.8. The van der Waals surface area contributed by atoms with Crippen molar-refractivity contribution >= 4 is 81.9 Å². The molecule has 0 saturated carbocycles. The molecule has 82 heavy (non-hydrogen) atoms. The average Bonchev–Trinajstić information content (AvgIpc) is 4.05. The van der Waals surface area contributed by atoms with Crippen LogP contribution in [-0.4, -0.2) is 52.4 Å². The van der Waals surface area contributed by atoms with E-state index in [0.717, 1.165) is 50.3 Å². The lowest BCUT2D eigenvalue weighted by atomic mass is 9.72. The Morgan fingerprint density at radius 3 is 1.00 bits per heavy atom. The first-order chi connectivity index (χ1) is 38.4. The maximum atomic E-state index is 12.8. The summed E-state index contributed by atoms with van der Waals surface area (Å²) in [6.45, 7) is 30.3. The molecule has 6 aromatic rings. The topological polar surface area (TPSA) is 137 Å². The van der Waals surface area contributed by atoms with Gasteiger partial charge in [0.2, 0.25) is 5.78 Å². The molecule has 8 nitrogen and oxygen atoms in total. The van der Waals surface area contributed by atoms with Crippen LogP contribution in [0, 0.1) is 34.5 Å². The molecule has 1 heterocycles. The van der Waals surface area contributed by atoms with Gasteiger partial charge in [-0.1, -0.05) is 226 Å². The highest BCUT2D eigenvalue weighted by atomic mass is 32.1. The fourth-order valence-electron chi connectivity index (χ4n) is 8.34. The molecule has 1 aromatic heterocycles. The number of hydrogen-bond donors (Lipinski definition) is 0. The van der Waals surface area contributed by atoms with Crippen molar-refractivity contribution in [3.05, 3.63) is 226 Å². The molecule has 0 amide bonds. The van der Waals surface area contributed by atoms with Crippen molar-refractivity contribution in [2.24, 2.45) is 34.5 Å². The Labute approximate surface area is 486 Å². The van der Waals surface area contributed by atoms with E-state index in [9.17, 15) is 51.5 Å². The van der Waals surface area contributed by atoms with Crippen molar-refractivity contribution in [2.75, 3.05) is 0 Å². The molecule has 0 aliphatic rings. The highest BCUT2D eigenvalue weighted by Crippen LogP contribution is 2.31. The van der Waals surface area contributed by atoms with Crippen LogP contribution in [-0.2, 0) is 54.5 Å².